The van der Waals surface area contributed by atoms with Crippen LogP contribution < -0.4 is 14.8 Å². The van der Waals surface area contributed by atoms with Crippen LogP contribution in [-0.4, -0.2) is 27.0 Å². The lowest BCUT2D eigenvalue weighted by atomic mass is 10.2. The van der Waals surface area contributed by atoms with E-state index in [0.717, 1.165) is 11.3 Å². The third-order valence-corrected chi connectivity index (χ3v) is 5.79. The van der Waals surface area contributed by atoms with Gasteiger partial charge in [0.05, 0.1) is 10.9 Å². The van der Waals surface area contributed by atoms with Crippen molar-refractivity contribution in [2.75, 3.05) is 11.3 Å². The average Bonchev–Trinajstić information content (AvgIpc) is 2.73. The summed E-state index contributed by atoms with van der Waals surface area (Å²) in [6, 6.07) is 21.9. The van der Waals surface area contributed by atoms with Gasteiger partial charge in [0, 0.05) is 11.3 Å². The molecule has 0 aliphatic carbocycles. The summed E-state index contributed by atoms with van der Waals surface area (Å²) in [5.74, 6) is 0.465. The predicted octanol–water partition coefficient (Wildman–Crippen LogP) is 3.99. The fourth-order valence-corrected chi connectivity index (χ4v) is 3.89. The third-order valence-electron chi connectivity index (χ3n) is 4.39. The highest BCUT2D eigenvalue weighted by molar-refractivity contribution is 7.92. The maximum atomic E-state index is 12.6. The van der Waals surface area contributed by atoms with E-state index in [1.165, 1.54) is 18.2 Å². The van der Waals surface area contributed by atoms with Crippen LogP contribution >= 0.6 is 0 Å². The van der Waals surface area contributed by atoms with Gasteiger partial charge in [0.25, 0.3) is 15.9 Å². The molecule has 0 bridgehead atoms. The number of benzene rings is 3. The molecule has 30 heavy (non-hydrogen) atoms. The van der Waals surface area contributed by atoms with Crippen LogP contribution in [-0.2, 0) is 10.0 Å². The van der Waals surface area contributed by atoms with Crippen molar-refractivity contribution in [3.8, 4) is 5.75 Å². The Kier molecular flexibility index (Phi) is 6.74. The number of aryl methyl sites for hydroxylation is 1. The number of nitrogens with one attached hydrogen (secondary N) is 2. The lowest BCUT2D eigenvalue weighted by molar-refractivity contribution is 0.0926. The van der Waals surface area contributed by atoms with Crippen LogP contribution in [0.2, 0.25) is 0 Å². The van der Waals surface area contributed by atoms with Crippen molar-refractivity contribution in [2.45, 2.75) is 24.8 Å². The van der Waals surface area contributed by atoms with Crippen LogP contribution in [0.5, 0.6) is 5.75 Å². The molecule has 0 aliphatic heterocycles. The molecule has 0 unspecified atom stereocenters. The zero-order valence-corrected chi connectivity index (χ0v) is 17.6. The minimum Gasteiger partial charge on any atom is -0.491 e. The molecule has 156 valence electrons. The molecule has 2 N–H and O–H groups in total. The molecule has 0 spiro atoms. The average molecular weight is 425 g/mol. The molecular formula is C23H24N2O4S. The molecular weight excluding hydrogens is 400 g/mol. The van der Waals surface area contributed by atoms with Crippen molar-refractivity contribution in [3.05, 3.63) is 90.0 Å². The van der Waals surface area contributed by atoms with Gasteiger partial charge < -0.3 is 10.1 Å². The highest BCUT2D eigenvalue weighted by Crippen LogP contribution is 2.18. The fourth-order valence-electron chi connectivity index (χ4n) is 2.82. The normalized spacial score (nSPS) is 12.1. The van der Waals surface area contributed by atoms with Gasteiger partial charge in [0.1, 0.15) is 12.4 Å². The van der Waals surface area contributed by atoms with E-state index in [9.17, 15) is 13.2 Å². The lowest BCUT2D eigenvalue weighted by Gasteiger charge is -2.16. The first-order chi connectivity index (χ1) is 14.3. The molecule has 7 heteroatoms. The summed E-state index contributed by atoms with van der Waals surface area (Å²) in [6.45, 7) is 4.12. The van der Waals surface area contributed by atoms with E-state index in [0.29, 0.717) is 17.9 Å². The second kappa shape index (κ2) is 9.45. The van der Waals surface area contributed by atoms with Gasteiger partial charge in [-0.25, -0.2) is 8.42 Å². The molecule has 0 saturated heterocycles. The smallest absolute Gasteiger partial charge is 0.261 e. The van der Waals surface area contributed by atoms with Crippen molar-refractivity contribution < 1.29 is 17.9 Å². The van der Waals surface area contributed by atoms with Gasteiger partial charge in [0.15, 0.2) is 0 Å². The number of ether oxygens (including phenoxy) is 1. The molecule has 3 aromatic carbocycles. The zero-order valence-electron chi connectivity index (χ0n) is 16.8. The SMILES string of the molecule is Cc1ccccc1OC[C@H](C)NC(=O)c1cccc(NS(=O)(=O)c2ccccc2)c1. The summed E-state index contributed by atoms with van der Waals surface area (Å²) in [4.78, 5) is 12.7. The number of rotatable bonds is 8. The molecule has 3 rings (SSSR count). The van der Waals surface area contributed by atoms with Gasteiger partial charge in [-0.2, -0.15) is 0 Å². The van der Waals surface area contributed by atoms with Gasteiger partial charge in [-0.3, -0.25) is 9.52 Å². The number of anilines is 1. The van der Waals surface area contributed by atoms with E-state index in [4.69, 9.17) is 4.74 Å². The highest BCUT2D eigenvalue weighted by Gasteiger charge is 2.15. The Morgan fingerprint density at radius 1 is 0.967 bits per heavy atom. The van der Waals surface area contributed by atoms with Gasteiger partial charge >= 0.3 is 0 Å². The first kappa shape index (κ1) is 21.4. The van der Waals surface area contributed by atoms with Crippen molar-refractivity contribution >= 4 is 21.6 Å². The van der Waals surface area contributed by atoms with E-state index in [1.807, 2.05) is 38.1 Å². The van der Waals surface area contributed by atoms with Crippen molar-refractivity contribution in [1.29, 1.82) is 0 Å². The summed E-state index contributed by atoms with van der Waals surface area (Å²) in [7, 11) is -3.72. The number of carbonyl (C=O) groups is 1. The second-order valence-corrected chi connectivity index (χ2v) is 8.63. The molecule has 6 nitrogen and oxygen atoms in total. The Morgan fingerprint density at radius 3 is 2.40 bits per heavy atom. The Balaban J connectivity index is 1.62. The molecule has 1 amide bonds. The van der Waals surface area contributed by atoms with Crippen LogP contribution in [0.1, 0.15) is 22.8 Å². The molecule has 0 fully saturated rings. The zero-order chi connectivity index (χ0) is 21.6. The maximum Gasteiger partial charge on any atom is 0.261 e. The quantitative estimate of drug-likeness (QED) is 0.573. The number of hydrogen-bond donors (Lipinski definition) is 2. The number of amides is 1. The minimum absolute atomic E-state index is 0.154. The van der Waals surface area contributed by atoms with E-state index < -0.39 is 10.0 Å². The van der Waals surface area contributed by atoms with Crippen LogP contribution in [0.15, 0.2) is 83.8 Å². The monoisotopic (exact) mass is 424 g/mol. The Labute approximate surface area is 177 Å². The Hall–Kier alpha value is -3.32. The topological polar surface area (TPSA) is 84.5 Å². The third kappa shape index (κ3) is 5.61. The van der Waals surface area contributed by atoms with Crippen LogP contribution in [0.4, 0.5) is 5.69 Å². The largest absolute Gasteiger partial charge is 0.491 e. The molecule has 3 aromatic rings. The lowest BCUT2D eigenvalue weighted by Crippen LogP contribution is -2.36. The van der Waals surface area contributed by atoms with E-state index in [1.54, 1.807) is 36.4 Å². The van der Waals surface area contributed by atoms with Crippen molar-refractivity contribution in [3.63, 3.8) is 0 Å². The Bertz CT molecular complexity index is 1110. The van der Waals surface area contributed by atoms with Gasteiger partial charge in [-0.15, -0.1) is 0 Å². The number of carbonyl (C=O) groups excluding carboxylic acids is 1. The maximum absolute atomic E-state index is 12.6. The first-order valence-corrected chi connectivity index (χ1v) is 11.0. The number of sulfonamides is 1. The second-order valence-electron chi connectivity index (χ2n) is 6.95. The van der Waals surface area contributed by atoms with Gasteiger partial charge in [-0.05, 0) is 55.8 Å². The molecule has 0 aromatic heterocycles. The summed E-state index contributed by atoms with van der Waals surface area (Å²) < 4.78 is 33.2. The molecule has 0 radical (unpaired) electrons. The van der Waals surface area contributed by atoms with E-state index in [2.05, 4.69) is 10.0 Å². The highest BCUT2D eigenvalue weighted by atomic mass is 32.2. The molecule has 0 saturated carbocycles. The summed E-state index contributed by atoms with van der Waals surface area (Å²) in [6.07, 6.45) is 0. The van der Waals surface area contributed by atoms with Crippen LogP contribution in [0.3, 0.4) is 0 Å². The summed E-state index contributed by atoms with van der Waals surface area (Å²) in [5, 5.41) is 2.87. The fraction of sp³-hybridized carbons (Fsp3) is 0.174. The van der Waals surface area contributed by atoms with E-state index in [-0.39, 0.29) is 16.8 Å². The number of hydrogen-bond acceptors (Lipinski definition) is 4. The summed E-state index contributed by atoms with van der Waals surface area (Å²) in [5.41, 5.74) is 1.69. The standard InChI is InChI=1S/C23H24N2O4S/c1-17-9-6-7-14-22(17)29-16-18(2)24-23(26)19-10-8-11-20(15-19)25-30(27,28)21-12-4-3-5-13-21/h3-15,18,25H,16H2,1-2H3,(H,24,26)/t18-/m0/s1. The van der Waals surface area contributed by atoms with Gasteiger partial charge in [0.2, 0.25) is 0 Å². The van der Waals surface area contributed by atoms with Crippen molar-refractivity contribution in [1.82, 2.24) is 5.32 Å². The predicted molar refractivity (Wildman–Crippen MR) is 117 cm³/mol. The number of para-hydroxylation sites is 1. The molecule has 0 aliphatic rings. The molecule has 1 atom stereocenters. The first-order valence-electron chi connectivity index (χ1n) is 9.52. The Morgan fingerprint density at radius 2 is 1.67 bits per heavy atom. The minimum atomic E-state index is -3.72. The molecule has 0 heterocycles. The van der Waals surface area contributed by atoms with Crippen LogP contribution in [0.25, 0.3) is 0 Å². The van der Waals surface area contributed by atoms with Crippen molar-refractivity contribution in [2.24, 2.45) is 0 Å². The van der Waals surface area contributed by atoms with E-state index >= 15 is 0 Å². The van der Waals surface area contributed by atoms with Crippen LogP contribution in [0, 0.1) is 6.92 Å². The summed E-state index contributed by atoms with van der Waals surface area (Å²) >= 11 is 0. The van der Waals surface area contributed by atoms with Gasteiger partial charge in [-0.1, -0.05) is 42.5 Å².